The molecule has 0 aromatic heterocycles. The fourth-order valence-corrected chi connectivity index (χ4v) is 4.63. The van der Waals surface area contributed by atoms with E-state index in [4.69, 9.17) is 9.47 Å². The molecule has 0 aliphatic carbocycles. The van der Waals surface area contributed by atoms with Gasteiger partial charge in [0.2, 0.25) is 0 Å². The normalized spacial score (nSPS) is 29.8. The van der Waals surface area contributed by atoms with E-state index < -0.39 is 0 Å². The monoisotopic (exact) mass is 469 g/mol. The van der Waals surface area contributed by atoms with Crippen LogP contribution in [0.5, 0.6) is 0 Å². The molecular weight excluding hydrogens is 454 g/mol. The lowest BCUT2D eigenvalue weighted by atomic mass is 10.0. The summed E-state index contributed by atoms with van der Waals surface area (Å²) in [6.45, 7) is 1.25. The lowest BCUT2D eigenvalue weighted by Gasteiger charge is -2.33. The molecule has 6 heteroatoms. The molecular formula is C18H17Br2NO2S. The van der Waals surface area contributed by atoms with Crippen molar-refractivity contribution >= 4 is 44.5 Å². The van der Waals surface area contributed by atoms with E-state index in [0.29, 0.717) is 19.0 Å². The van der Waals surface area contributed by atoms with Crippen LogP contribution in [-0.4, -0.2) is 29.4 Å². The Kier molecular flexibility index (Phi) is 4.79. The fourth-order valence-electron chi connectivity index (χ4n) is 3.45. The third-order valence-corrected chi connectivity index (χ3v) is 6.21. The lowest BCUT2D eigenvalue weighted by Crippen LogP contribution is -2.46. The van der Waals surface area contributed by atoms with E-state index >= 15 is 0 Å². The molecule has 4 rings (SSSR count). The number of thiol groups is 1. The number of rotatable bonds is 3. The van der Waals surface area contributed by atoms with Gasteiger partial charge in [-0.1, -0.05) is 56.1 Å². The van der Waals surface area contributed by atoms with E-state index in [1.54, 1.807) is 0 Å². The topological polar surface area (TPSA) is 21.7 Å². The van der Waals surface area contributed by atoms with Crippen LogP contribution in [0.15, 0.2) is 57.5 Å². The number of ether oxygens (including phenoxy) is 2. The molecule has 3 nitrogen and oxygen atoms in total. The zero-order chi connectivity index (χ0) is 16.7. The Balaban J connectivity index is 1.75. The van der Waals surface area contributed by atoms with Gasteiger partial charge in [-0.05, 0) is 35.4 Å². The van der Waals surface area contributed by atoms with E-state index in [1.807, 2.05) is 24.3 Å². The number of nitrogens with zero attached hydrogens (tertiary/aromatic N) is 1. The Morgan fingerprint density at radius 3 is 1.88 bits per heavy atom. The van der Waals surface area contributed by atoms with Crippen molar-refractivity contribution in [3.05, 3.63) is 68.6 Å². The Morgan fingerprint density at radius 2 is 1.46 bits per heavy atom. The van der Waals surface area contributed by atoms with Crippen LogP contribution in [0.4, 0.5) is 0 Å². The van der Waals surface area contributed by atoms with Crippen LogP contribution < -0.4 is 0 Å². The second kappa shape index (κ2) is 6.74. The number of hydrogen-bond acceptors (Lipinski definition) is 4. The SMILES string of the molecule is SCC12CO[C@H](c3cccc(Br)c3)N1[C@H](c1cccc(Br)c1)OC2. The maximum atomic E-state index is 6.20. The first kappa shape index (κ1) is 17.1. The Labute approximate surface area is 164 Å². The van der Waals surface area contributed by atoms with Crippen LogP contribution in [0.1, 0.15) is 23.6 Å². The minimum absolute atomic E-state index is 0.138. The van der Waals surface area contributed by atoms with Gasteiger partial charge in [0.1, 0.15) is 12.5 Å². The molecule has 0 radical (unpaired) electrons. The van der Waals surface area contributed by atoms with Gasteiger partial charge in [-0.15, -0.1) is 0 Å². The van der Waals surface area contributed by atoms with Crippen LogP contribution in [0.3, 0.4) is 0 Å². The third kappa shape index (κ3) is 2.87. The molecule has 0 spiro atoms. The zero-order valence-corrected chi connectivity index (χ0v) is 16.9. The largest absolute Gasteiger partial charge is 0.357 e. The molecule has 24 heavy (non-hydrogen) atoms. The predicted octanol–water partition coefficient (Wildman–Crippen LogP) is 4.94. The average molecular weight is 471 g/mol. The molecule has 0 amide bonds. The van der Waals surface area contributed by atoms with Crippen LogP contribution in [0.25, 0.3) is 0 Å². The first-order valence-corrected chi connectivity index (χ1v) is 9.98. The molecule has 1 unspecified atom stereocenters. The predicted molar refractivity (Wildman–Crippen MR) is 104 cm³/mol. The van der Waals surface area contributed by atoms with E-state index in [0.717, 1.165) is 20.1 Å². The number of hydrogen-bond donors (Lipinski definition) is 1. The summed E-state index contributed by atoms with van der Waals surface area (Å²) in [5.74, 6) is 0.696. The van der Waals surface area contributed by atoms with Crippen LogP contribution in [0, 0.1) is 0 Å². The quantitative estimate of drug-likeness (QED) is 0.642. The van der Waals surface area contributed by atoms with Gasteiger partial charge in [0.25, 0.3) is 0 Å². The van der Waals surface area contributed by atoms with Gasteiger partial charge < -0.3 is 9.47 Å². The van der Waals surface area contributed by atoms with Crippen molar-refractivity contribution in [2.45, 2.75) is 18.0 Å². The molecule has 2 heterocycles. The lowest BCUT2D eigenvalue weighted by molar-refractivity contribution is -0.0616. The van der Waals surface area contributed by atoms with Gasteiger partial charge in [0, 0.05) is 14.7 Å². The minimum Gasteiger partial charge on any atom is -0.357 e. The van der Waals surface area contributed by atoms with Gasteiger partial charge in [-0.3, -0.25) is 0 Å². The highest BCUT2D eigenvalue weighted by molar-refractivity contribution is 9.10. The van der Waals surface area contributed by atoms with Crippen LogP contribution >= 0.6 is 44.5 Å². The van der Waals surface area contributed by atoms with E-state index in [-0.39, 0.29) is 18.0 Å². The summed E-state index contributed by atoms with van der Waals surface area (Å²) in [7, 11) is 0. The summed E-state index contributed by atoms with van der Waals surface area (Å²) >= 11 is 11.7. The van der Waals surface area contributed by atoms with Crippen molar-refractivity contribution < 1.29 is 9.47 Å². The van der Waals surface area contributed by atoms with Gasteiger partial charge in [0.05, 0.1) is 18.8 Å². The molecule has 2 saturated heterocycles. The second-order valence-corrected chi connectivity index (χ2v) is 8.37. The molecule has 3 atom stereocenters. The standard InChI is InChI=1S/C18H17Br2NO2S/c19-14-5-1-3-12(7-14)16-21-17(13-4-2-6-15(20)8-13)23-10-18(21,11-24)9-22-16/h1-8,16-17,24H,9-11H2/t16-,17+,18?. The van der Waals surface area contributed by atoms with Crippen molar-refractivity contribution in [1.29, 1.82) is 0 Å². The highest BCUT2D eigenvalue weighted by atomic mass is 79.9. The molecule has 126 valence electrons. The molecule has 0 bridgehead atoms. The van der Waals surface area contributed by atoms with Crippen molar-refractivity contribution in [1.82, 2.24) is 4.90 Å². The molecule has 2 fully saturated rings. The third-order valence-electron chi connectivity index (χ3n) is 4.63. The highest BCUT2D eigenvalue weighted by Gasteiger charge is 2.56. The van der Waals surface area contributed by atoms with Gasteiger partial charge >= 0.3 is 0 Å². The van der Waals surface area contributed by atoms with Crippen molar-refractivity contribution in [2.75, 3.05) is 19.0 Å². The van der Waals surface area contributed by atoms with E-state index in [2.05, 4.69) is 73.7 Å². The maximum absolute atomic E-state index is 6.20. The molecule has 2 aliphatic rings. The first-order chi connectivity index (χ1) is 11.6. The van der Waals surface area contributed by atoms with Crippen LogP contribution in [0.2, 0.25) is 0 Å². The van der Waals surface area contributed by atoms with Crippen LogP contribution in [-0.2, 0) is 9.47 Å². The number of halogens is 2. The maximum Gasteiger partial charge on any atom is 0.139 e. The Bertz CT molecular complexity index is 700. The molecule has 0 N–H and O–H groups in total. The van der Waals surface area contributed by atoms with Gasteiger partial charge in [0.15, 0.2) is 0 Å². The van der Waals surface area contributed by atoms with E-state index in [1.165, 1.54) is 0 Å². The summed E-state index contributed by atoms with van der Waals surface area (Å²) in [5.41, 5.74) is 2.06. The minimum atomic E-state index is -0.191. The first-order valence-electron chi connectivity index (χ1n) is 7.76. The second-order valence-electron chi connectivity index (χ2n) is 6.23. The summed E-state index contributed by atoms with van der Waals surface area (Å²) in [6, 6.07) is 16.5. The van der Waals surface area contributed by atoms with Crippen molar-refractivity contribution in [2.24, 2.45) is 0 Å². The highest BCUT2D eigenvalue weighted by Crippen LogP contribution is 2.49. The van der Waals surface area contributed by atoms with E-state index in [9.17, 15) is 0 Å². The Morgan fingerprint density at radius 1 is 0.958 bits per heavy atom. The van der Waals surface area contributed by atoms with Crippen molar-refractivity contribution in [3.8, 4) is 0 Å². The average Bonchev–Trinajstić information content (AvgIpc) is 3.12. The van der Waals surface area contributed by atoms with Crippen molar-refractivity contribution in [3.63, 3.8) is 0 Å². The summed E-state index contributed by atoms with van der Waals surface area (Å²) in [4.78, 5) is 2.34. The smallest absolute Gasteiger partial charge is 0.139 e. The molecule has 2 aromatic carbocycles. The molecule has 2 aromatic rings. The summed E-state index contributed by atoms with van der Waals surface area (Å²) in [5, 5.41) is 0. The zero-order valence-electron chi connectivity index (χ0n) is 12.9. The summed E-state index contributed by atoms with van der Waals surface area (Å²) < 4.78 is 14.5. The van der Waals surface area contributed by atoms with Gasteiger partial charge in [-0.25, -0.2) is 4.90 Å². The molecule has 2 aliphatic heterocycles. The number of benzene rings is 2. The molecule has 0 saturated carbocycles. The Hall–Kier alpha value is -0.370. The number of fused-ring (bicyclic) bond motifs is 1. The summed E-state index contributed by atoms with van der Waals surface area (Å²) in [6.07, 6.45) is -0.276. The van der Waals surface area contributed by atoms with Gasteiger partial charge in [-0.2, -0.15) is 12.6 Å². The fraction of sp³-hybridized carbons (Fsp3) is 0.333.